The molecule has 7 heteroatoms. The zero-order valence-corrected chi connectivity index (χ0v) is 16.3. The Morgan fingerprint density at radius 1 is 0.903 bits per heavy atom. The summed E-state index contributed by atoms with van der Waals surface area (Å²) in [5, 5.41) is 10.9. The molecule has 31 heavy (non-hydrogen) atoms. The van der Waals surface area contributed by atoms with Gasteiger partial charge in [0.05, 0.1) is 11.6 Å². The molecule has 156 valence electrons. The van der Waals surface area contributed by atoms with Crippen LogP contribution in [0.1, 0.15) is 22.7 Å². The van der Waals surface area contributed by atoms with Crippen LogP contribution in [0, 0.1) is 24.4 Å². The van der Waals surface area contributed by atoms with Gasteiger partial charge in [0, 0.05) is 17.3 Å². The van der Waals surface area contributed by atoms with E-state index < -0.39 is 40.9 Å². The molecule has 4 rings (SSSR count). The minimum absolute atomic E-state index is 0.0364. The largest absolute Gasteiger partial charge is 0.507 e. The average Bonchev–Trinajstić information content (AvgIpc) is 3.01. The molecule has 1 heterocycles. The van der Waals surface area contributed by atoms with Crippen LogP contribution in [0.5, 0.6) is 0 Å². The molecule has 1 aliphatic heterocycles. The summed E-state index contributed by atoms with van der Waals surface area (Å²) in [6.07, 6.45) is 0. The fourth-order valence-corrected chi connectivity index (χ4v) is 3.65. The van der Waals surface area contributed by atoms with Gasteiger partial charge in [-0.05, 0) is 48.9 Å². The van der Waals surface area contributed by atoms with Gasteiger partial charge < -0.3 is 5.11 Å². The van der Waals surface area contributed by atoms with Crippen LogP contribution in [0.15, 0.2) is 72.3 Å². The van der Waals surface area contributed by atoms with Crippen molar-refractivity contribution in [3.05, 3.63) is 106 Å². The summed E-state index contributed by atoms with van der Waals surface area (Å²) in [5.74, 6) is -5.29. The molecule has 4 nitrogen and oxygen atoms in total. The maximum Gasteiger partial charge on any atom is 0.300 e. The number of anilines is 1. The van der Waals surface area contributed by atoms with Crippen molar-refractivity contribution in [3.8, 4) is 0 Å². The number of amides is 1. The molecule has 0 aromatic heterocycles. The van der Waals surface area contributed by atoms with Crippen LogP contribution in [0.25, 0.3) is 5.76 Å². The number of aryl methyl sites for hydroxylation is 1. The lowest BCUT2D eigenvalue weighted by Gasteiger charge is -2.25. The third-order valence-electron chi connectivity index (χ3n) is 5.10. The van der Waals surface area contributed by atoms with Crippen LogP contribution in [-0.4, -0.2) is 16.8 Å². The van der Waals surface area contributed by atoms with E-state index in [-0.39, 0.29) is 16.8 Å². The van der Waals surface area contributed by atoms with Gasteiger partial charge in [-0.1, -0.05) is 29.8 Å². The van der Waals surface area contributed by atoms with Gasteiger partial charge in [-0.2, -0.15) is 0 Å². The standard InChI is InChI=1S/C24H16F3NO3/c1-13-3-2-4-15(11-13)21-20(22(29)14-5-7-16(25)8-6-14)23(30)24(31)28(21)17-9-10-18(26)19(27)12-17/h2-12,21,29H,1H3/b22-20+. The molecule has 0 saturated carbocycles. The summed E-state index contributed by atoms with van der Waals surface area (Å²) < 4.78 is 40.7. The Bertz CT molecular complexity index is 1240. The first-order chi connectivity index (χ1) is 14.8. The SMILES string of the molecule is Cc1cccc(C2/C(=C(\O)c3ccc(F)cc3)C(=O)C(=O)N2c2ccc(F)c(F)c2)c1. The van der Waals surface area contributed by atoms with Crippen molar-refractivity contribution in [1.29, 1.82) is 0 Å². The van der Waals surface area contributed by atoms with Crippen molar-refractivity contribution in [2.45, 2.75) is 13.0 Å². The first-order valence-electron chi connectivity index (χ1n) is 9.36. The number of halogens is 3. The number of Topliss-reactive ketones (excluding diaryl/α,β-unsaturated/α-hetero) is 1. The fraction of sp³-hybridized carbons (Fsp3) is 0.0833. The maximum absolute atomic E-state index is 13.9. The highest BCUT2D eigenvalue weighted by Gasteiger charge is 2.47. The topological polar surface area (TPSA) is 57.6 Å². The molecule has 1 N–H and O–H groups in total. The van der Waals surface area contributed by atoms with E-state index in [0.29, 0.717) is 5.56 Å². The minimum Gasteiger partial charge on any atom is -0.507 e. The number of carbonyl (C=O) groups excluding carboxylic acids is 2. The molecule has 0 spiro atoms. The van der Waals surface area contributed by atoms with Crippen LogP contribution in [-0.2, 0) is 9.59 Å². The van der Waals surface area contributed by atoms with E-state index in [1.165, 1.54) is 18.2 Å². The Balaban J connectivity index is 1.96. The Morgan fingerprint density at radius 2 is 1.61 bits per heavy atom. The third kappa shape index (κ3) is 3.59. The van der Waals surface area contributed by atoms with Crippen molar-refractivity contribution < 1.29 is 27.9 Å². The predicted molar refractivity (Wildman–Crippen MR) is 109 cm³/mol. The van der Waals surface area contributed by atoms with Crippen LogP contribution in [0.3, 0.4) is 0 Å². The quantitative estimate of drug-likeness (QED) is 0.365. The third-order valence-corrected chi connectivity index (χ3v) is 5.10. The van der Waals surface area contributed by atoms with E-state index in [1.807, 2.05) is 13.0 Å². The van der Waals surface area contributed by atoms with Gasteiger partial charge in [0.1, 0.15) is 11.6 Å². The molecule has 1 unspecified atom stereocenters. The first-order valence-corrected chi connectivity index (χ1v) is 9.36. The van der Waals surface area contributed by atoms with E-state index in [2.05, 4.69) is 0 Å². The van der Waals surface area contributed by atoms with Crippen LogP contribution >= 0.6 is 0 Å². The van der Waals surface area contributed by atoms with Crippen molar-refractivity contribution in [1.82, 2.24) is 0 Å². The Kier molecular flexibility index (Phi) is 5.10. The predicted octanol–water partition coefficient (Wildman–Crippen LogP) is 5.04. The number of benzene rings is 3. The van der Waals surface area contributed by atoms with Crippen LogP contribution in [0.2, 0.25) is 0 Å². The monoisotopic (exact) mass is 423 g/mol. The second-order valence-corrected chi connectivity index (χ2v) is 7.19. The highest BCUT2D eigenvalue weighted by atomic mass is 19.2. The van der Waals surface area contributed by atoms with Crippen LogP contribution < -0.4 is 4.90 Å². The Morgan fingerprint density at radius 3 is 2.26 bits per heavy atom. The number of hydrogen-bond donors (Lipinski definition) is 1. The number of rotatable bonds is 3. The number of hydrogen-bond acceptors (Lipinski definition) is 3. The van der Waals surface area contributed by atoms with Gasteiger partial charge in [-0.15, -0.1) is 0 Å². The summed E-state index contributed by atoms with van der Waals surface area (Å²) in [5.41, 5.74) is 1.20. The maximum atomic E-state index is 13.9. The fourth-order valence-electron chi connectivity index (χ4n) is 3.65. The molecule has 3 aromatic carbocycles. The summed E-state index contributed by atoms with van der Waals surface area (Å²) >= 11 is 0. The van der Waals surface area contributed by atoms with Gasteiger partial charge in [0.2, 0.25) is 0 Å². The number of nitrogens with zero attached hydrogens (tertiary/aromatic N) is 1. The average molecular weight is 423 g/mol. The molecule has 1 atom stereocenters. The molecule has 3 aromatic rings. The summed E-state index contributed by atoms with van der Waals surface area (Å²) in [6, 6.07) is 13.5. The molecule has 1 aliphatic rings. The zero-order valence-electron chi connectivity index (χ0n) is 16.3. The van der Waals surface area contributed by atoms with E-state index in [4.69, 9.17) is 0 Å². The first kappa shape index (κ1) is 20.4. The Labute approximate surface area is 175 Å². The second-order valence-electron chi connectivity index (χ2n) is 7.19. The van der Waals surface area contributed by atoms with Crippen molar-refractivity contribution in [3.63, 3.8) is 0 Å². The van der Waals surface area contributed by atoms with Gasteiger partial charge in [-0.25, -0.2) is 13.2 Å². The van der Waals surface area contributed by atoms with Crippen molar-refractivity contribution in [2.24, 2.45) is 0 Å². The van der Waals surface area contributed by atoms with E-state index in [1.54, 1.807) is 18.2 Å². The highest BCUT2D eigenvalue weighted by Crippen LogP contribution is 2.42. The number of ketones is 1. The Hall–Kier alpha value is -3.87. The smallest absolute Gasteiger partial charge is 0.300 e. The van der Waals surface area contributed by atoms with Gasteiger partial charge in [0.15, 0.2) is 11.6 Å². The van der Waals surface area contributed by atoms with Crippen molar-refractivity contribution in [2.75, 3.05) is 4.90 Å². The normalized spacial score (nSPS) is 17.9. The number of aliphatic hydroxyl groups is 1. The van der Waals surface area contributed by atoms with E-state index in [9.17, 15) is 27.9 Å². The van der Waals surface area contributed by atoms with Gasteiger partial charge in [0.25, 0.3) is 11.7 Å². The number of aliphatic hydroxyl groups excluding tert-OH is 1. The molecular weight excluding hydrogens is 407 g/mol. The molecule has 0 aliphatic carbocycles. The van der Waals surface area contributed by atoms with Gasteiger partial charge in [-0.3, -0.25) is 14.5 Å². The lowest BCUT2D eigenvalue weighted by molar-refractivity contribution is -0.132. The van der Waals surface area contributed by atoms with E-state index >= 15 is 0 Å². The highest BCUT2D eigenvalue weighted by molar-refractivity contribution is 6.51. The van der Waals surface area contributed by atoms with E-state index in [0.717, 1.165) is 34.7 Å². The zero-order chi connectivity index (χ0) is 22.3. The lowest BCUT2D eigenvalue weighted by atomic mass is 9.94. The summed E-state index contributed by atoms with van der Waals surface area (Å²) in [6.45, 7) is 1.81. The number of carbonyl (C=O) groups is 2. The summed E-state index contributed by atoms with van der Waals surface area (Å²) in [4.78, 5) is 26.9. The molecule has 1 amide bonds. The molecule has 1 saturated heterocycles. The molecule has 0 radical (unpaired) electrons. The second kappa shape index (κ2) is 7.75. The van der Waals surface area contributed by atoms with Gasteiger partial charge >= 0.3 is 0 Å². The van der Waals surface area contributed by atoms with Crippen LogP contribution in [0.4, 0.5) is 18.9 Å². The van der Waals surface area contributed by atoms with Crippen molar-refractivity contribution >= 4 is 23.1 Å². The molecular formula is C24H16F3NO3. The lowest BCUT2D eigenvalue weighted by Crippen LogP contribution is -2.29. The molecule has 0 bridgehead atoms. The summed E-state index contributed by atoms with van der Waals surface area (Å²) in [7, 11) is 0. The molecule has 1 fully saturated rings. The minimum atomic E-state index is -1.18.